The van der Waals surface area contributed by atoms with Crippen LogP contribution < -0.4 is 10.5 Å². The number of halogens is 1. The molecule has 0 saturated carbocycles. The first-order chi connectivity index (χ1) is 5.99. The molecule has 1 aliphatic rings. The van der Waals surface area contributed by atoms with Crippen molar-refractivity contribution in [2.45, 2.75) is 25.9 Å². The smallest absolute Gasteiger partial charge is 0.147 e. The molecule has 2 nitrogen and oxygen atoms in total. The molecule has 1 aromatic carbocycles. The summed E-state index contributed by atoms with van der Waals surface area (Å²) < 4.78 is 6.84. The molecule has 0 bridgehead atoms. The van der Waals surface area contributed by atoms with Gasteiger partial charge in [0.25, 0.3) is 0 Å². The van der Waals surface area contributed by atoms with Crippen LogP contribution in [-0.4, -0.2) is 5.60 Å². The average Bonchev–Trinajstić information content (AvgIpc) is 2.35. The van der Waals surface area contributed by atoms with E-state index in [4.69, 9.17) is 10.5 Å². The summed E-state index contributed by atoms with van der Waals surface area (Å²) in [4.78, 5) is 0. The molecular formula is C10H12BrFeNO. The van der Waals surface area contributed by atoms with Crippen LogP contribution in [0.15, 0.2) is 16.6 Å². The van der Waals surface area contributed by atoms with Gasteiger partial charge in [-0.25, -0.2) is 0 Å². The van der Waals surface area contributed by atoms with E-state index >= 15 is 0 Å². The van der Waals surface area contributed by atoms with E-state index in [2.05, 4.69) is 29.8 Å². The van der Waals surface area contributed by atoms with Crippen molar-refractivity contribution in [3.05, 3.63) is 22.2 Å². The van der Waals surface area contributed by atoms with Gasteiger partial charge in [0, 0.05) is 33.5 Å². The number of hydrogen-bond acceptors (Lipinski definition) is 2. The second-order valence-corrected chi connectivity index (χ2v) is 4.84. The molecule has 0 unspecified atom stereocenters. The van der Waals surface area contributed by atoms with Gasteiger partial charge in [0.1, 0.15) is 11.4 Å². The molecular weight excluding hydrogens is 286 g/mol. The molecule has 0 fully saturated rings. The van der Waals surface area contributed by atoms with Crippen molar-refractivity contribution in [3.63, 3.8) is 0 Å². The molecule has 0 atom stereocenters. The number of benzene rings is 1. The van der Waals surface area contributed by atoms with Gasteiger partial charge in [-0.2, -0.15) is 0 Å². The SMILES string of the molecule is CC1(C)Cc2c(Br)ccc(N)c2O1.[Fe]. The predicted octanol–water partition coefficient (Wildman–Crippen LogP) is 2.74. The number of nitrogen functional groups attached to an aromatic ring is 1. The Balaban J connectivity index is 0.000000980. The Morgan fingerprint density at radius 1 is 1.43 bits per heavy atom. The number of anilines is 1. The van der Waals surface area contributed by atoms with Crippen molar-refractivity contribution < 1.29 is 21.8 Å². The standard InChI is InChI=1S/C10H12BrNO.Fe/c1-10(2)5-6-7(11)3-4-8(12)9(6)13-10;/h3-4H,5,12H2,1-2H3;. The summed E-state index contributed by atoms with van der Waals surface area (Å²) in [6.45, 7) is 4.14. The molecule has 0 spiro atoms. The third kappa shape index (κ3) is 1.92. The monoisotopic (exact) mass is 297 g/mol. The summed E-state index contributed by atoms with van der Waals surface area (Å²) in [7, 11) is 0. The normalized spacial score (nSPS) is 16.8. The van der Waals surface area contributed by atoms with E-state index in [9.17, 15) is 0 Å². The van der Waals surface area contributed by atoms with Crippen LogP contribution in [0.5, 0.6) is 5.75 Å². The number of fused-ring (bicyclic) bond motifs is 1. The fourth-order valence-corrected chi connectivity index (χ4v) is 2.10. The first kappa shape index (κ1) is 11.9. The Morgan fingerprint density at radius 2 is 2.07 bits per heavy atom. The third-order valence-corrected chi connectivity index (χ3v) is 2.96. The summed E-state index contributed by atoms with van der Waals surface area (Å²) in [5, 5.41) is 0. The van der Waals surface area contributed by atoms with Gasteiger partial charge in [0.15, 0.2) is 0 Å². The van der Waals surface area contributed by atoms with Crippen molar-refractivity contribution in [2.75, 3.05) is 5.73 Å². The molecule has 0 aromatic heterocycles. The molecule has 1 aromatic rings. The number of hydrogen-bond donors (Lipinski definition) is 1. The van der Waals surface area contributed by atoms with E-state index in [1.165, 1.54) is 5.56 Å². The summed E-state index contributed by atoms with van der Waals surface area (Å²) in [6, 6.07) is 3.84. The van der Waals surface area contributed by atoms with Crippen LogP contribution in [0.2, 0.25) is 0 Å². The number of rotatable bonds is 0. The van der Waals surface area contributed by atoms with E-state index in [-0.39, 0.29) is 22.7 Å². The van der Waals surface area contributed by atoms with Gasteiger partial charge < -0.3 is 10.5 Å². The van der Waals surface area contributed by atoms with Crippen molar-refractivity contribution in [2.24, 2.45) is 0 Å². The minimum atomic E-state index is -0.125. The first-order valence-electron chi connectivity index (χ1n) is 4.25. The van der Waals surface area contributed by atoms with E-state index < -0.39 is 0 Å². The Kier molecular flexibility index (Phi) is 3.20. The van der Waals surface area contributed by atoms with Gasteiger partial charge >= 0.3 is 0 Å². The van der Waals surface area contributed by atoms with Gasteiger partial charge in [-0.15, -0.1) is 0 Å². The van der Waals surface area contributed by atoms with Crippen LogP contribution in [0, 0.1) is 0 Å². The maximum atomic E-state index is 5.82. The van der Waals surface area contributed by atoms with Crippen LogP contribution in [-0.2, 0) is 23.5 Å². The van der Waals surface area contributed by atoms with Crippen LogP contribution >= 0.6 is 15.9 Å². The Hall–Kier alpha value is -0.181. The zero-order valence-electron chi connectivity index (χ0n) is 8.08. The predicted molar refractivity (Wildman–Crippen MR) is 57.0 cm³/mol. The Morgan fingerprint density at radius 3 is 2.64 bits per heavy atom. The van der Waals surface area contributed by atoms with Crippen LogP contribution in [0.1, 0.15) is 19.4 Å². The molecule has 4 heteroatoms. The fourth-order valence-electron chi connectivity index (χ4n) is 1.65. The first-order valence-corrected chi connectivity index (χ1v) is 5.05. The van der Waals surface area contributed by atoms with Gasteiger partial charge in [-0.3, -0.25) is 0 Å². The minimum absolute atomic E-state index is 0. The second kappa shape index (κ2) is 3.76. The zero-order chi connectivity index (χ0) is 9.64. The summed E-state index contributed by atoms with van der Waals surface area (Å²) in [5.74, 6) is 0.847. The molecule has 1 heterocycles. The maximum absolute atomic E-state index is 5.82. The summed E-state index contributed by atoms with van der Waals surface area (Å²) >= 11 is 3.50. The molecule has 0 aliphatic carbocycles. The van der Waals surface area contributed by atoms with Gasteiger partial charge in [0.2, 0.25) is 0 Å². The number of nitrogens with two attached hydrogens (primary N) is 1. The molecule has 1 aliphatic heterocycles. The summed E-state index contributed by atoms with van der Waals surface area (Å²) in [5.41, 5.74) is 7.60. The minimum Gasteiger partial charge on any atom is -0.485 e. The zero-order valence-corrected chi connectivity index (χ0v) is 10.8. The van der Waals surface area contributed by atoms with E-state index in [1.54, 1.807) is 0 Å². The van der Waals surface area contributed by atoms with Crippen LogP contribution in [0.25, 0.3) is 0 Å². The van der Waals surface area contributed by atoms with Gasteiger partial charge in [-0.05, 0) is 26.0 Å². The van der Waals surface area contributed by atoms with E-state index in [0.29, 0.717) is 0 Å². The molecule has 2 rings (SSSR count). The van der Waals surface area contributed by atoms with Gasteiger partial charge in [-0.1, -0.05) is 15.9 Å². The van der Waals surface area contributed by atoms with Crippen LogP contribution in [0.3, 0.4) is 0 Å². The number of ether oxygens (including phenoxy) is 1. The molecule has 0 saturated heterocycles. The van der Waals surface area contributed by atoms with Crippen molar-refractivity contribution >= 4 is 21.6 Å². The average molecular weight is 298 g/mol. The van der Waals surface area contributed by atoms with Crippen LogP contribution in [0.4, 0.5) is 5.69 Å². The summed E-state index contributed by atoms with van der Waals surface area (Å²) in [6.07, 6.45) is 0.911. The maximum Gasteiger partial charge on any atom is 0.147 e. The van der Waals surface area contributed by atoms with E-state index in [1.807, 2.05) is 12.1 Å². The third-order valence-electron chi connectivity index (χ3n) is 2.21. The topological polar surface area (TPSA) is 35.2 Å². The quantitative estimate of drug-likeness (QED) is 0.590. The molecule has 0 amide bonds. The largest absolute Gasteiger partial charge is 0.485 e. The Bertz CT molecular complexity index is 332. The molecule has 78 valence electrons. The van der Waals surface area contributed by atoms with Crippen molar-refractivity contribution in [3.8, 4) is 5.75 Å². The molecule has 2 N–H and O–H groups in total. The molecule has 0 radical (unpaired) electrons. The van der Waals surface area contributed by atoms with Crippen molar-refractivity contribution in [1.29, 1.82) is 0 Å². The fraction of sp³-hybridized carbons (Fsp3) is 0.400. The Labute approximate surface area is 103 Å². The van der Waals surface area contributed by atoms with Gasteiger partial charge in [0.05, 0.1) is 5.69 Å². The van der Waals surface area contributed by atoms with E-state index in [0.717, 1.165) is 22.3 Å². The van der Waals surface area contributed by atoms with Crippen molar-refractivity contribution in [1.82, 2.24) is 0 Å². The molecule has 14 heavy (non-hydrogen) atoms. The second-order valence-electron chi connectivity index (χ2n) is 3.98.